The third-order valence-electron chi connectivity index (χ3n) is 4.61. The van der Waals surface area contributed by atoms with E-state index in [1.54, 1.807) is 21.5 Å². The van der Waals surface area contributed by atoms with E-state index in [9.17, 15) is 19.1 Å². The summed E-state index contributed by atoms with van der Waals surface area (Å²) >= 11 is 0. The van der Waals surface area contributed by atoms with Crippen molar-refractivity contribution in [1.29, 1.82) is 0 Å². The van der Waals surface area contributed by atoms with Crippen LogP contribution in [0.15, 0.2) is 35.8 Å². The molecule has 0 bridgehead atoms. The van der Waals surface area contributed by atoms with Crippen LogP contribution in [0.2, 0.25) is 0 Å². The number of halogens is 1. The second kappa shape index (κ2) is 7.32. The van der Waals surface area contributed by atoms with E-state index in [0.717, 1.165) is 6.07 Å². The Morgan fingerprint density at radius 1 is 1.42 bits per heavy atom. The van der Waals surface area contributed by atoms with Crippen LogP contribution in [-0.2, 0) is 6.42 Å². The van der Waals surface area contributed by atoms with Gasteiger partial charge in [0.2, 0.25) is 0 Å². The van der Waals surface area contributed by atoms with Crippen molar-refractivity contribution < 1.29 is 49.3 Å². The monoisotopic (exact) mass is 367 g/mol. The van der Waals surface area contributed by atoms with Crippen molar-refractivity contribution in [3.05, 3.63) is 58.2 Å². The van der Waals surface area contributed by atoms with Crippen LogP contribution in [0.3, 0.4) is 0 Å². The molecule has 1 unspecified atom stereocenters. The molecule has 0 spiro atoms. The first-order chi connectivity index (χ1) is 11.5. The third kappa shape index (κ3) is 2.88. The quantitative estimate of drug-likeness (QED) is 0.462. The van der Waals surface area contributed by atoms with Crippen LogP contribution in [0.25, 0.3) is 16.6 Å². The van der Waals surface area contributed by atoms with Crippen LogP contribution >= 0.6 is 0 Å². The SMILES string of the molecule is CC1CCc2c(-n3ccnc3)c(F)cc3c(=O)c(C(=O)[O-])cn1c23.O.[Na+]. The average Bonchev–Trinajstić information content (AvgIpc) is 3.06. The second-order valence-corrected chi connectivity index (χ2v) is 6.01. The molecular weight excluding hydrogens is 352 g/mol. The molecule has 1 atom stereocenters. The largest absolute Gasteiger partial charge is 1.00 e. The molecule has 3 aromatic rings. The summed E-state index contributed by atoms with van der Waals surface area (Å²) in [6, 6.07) is 1.11. The van der Waals surface area contributed by atoms with Crippen LogP contribution in [-0.4, -0.2) is 25.6 Å². The summed E-state index contributed by atoms with van der Waals surface area (Å²) in [5.74, 6) is -2.13. The Kier molecular flexibility index (Phi) is 5.72. The molecule has 130 valence electrons. The molecule has 26 heavy (non-hydrogen) atoms. The number of aromatic carboxylic acids is 1. The van der Waals surface area contributed by atoms with Crippen molar-refractivity contribution in [2.75, 3.05) is 0 Å². The maximum atomic E-state index is 14.7. The minimum Gasteiger partial charge on any atom is -0.545 e. The molecule has 4 rings (SSSR count). The van der Waals surface area contributed by atoms with Crippen molar-refractivity contribution in [1.82, 2.24) is 14.1 Å². The standard InChI is InChI=1S/C17H14FN3O3.Na.H2O/c1-9-2-3-10-14-11(16(22)12(17(23)24)7-21(9)14)6-13(18)15(10)20-5-4-19-8-20;;/h4-9H,2-3H2,1H3,(H,23,24);;1H2/q;+1;/p-1. The number of benzene rings is 1. The minimum atomic E-state index is -1.55. The van der Waals surface area contributed by atoms with Crippen LogP contribution in [0.4, 0.5) is 4.39 Å². The van der Waals surface area contributed by atoms with Gasteiger partial charge in [0.25, 0.3) is 0 Å². The first kappa shape index (κ1) is 20.3. The van der Waals surface area contributed by atoms with Gasteiger partial charge in [-0.05, 0) is 25.8 Å². The number of rotatable bonds is 2. The fraction of sp³-hybridized carbons (Fsp3) is 0.235. The fourth-order valence-electron chi connectivity index (χ4n) is 3.45. The van der Waals surface area contributed by atoms with Gasteiger partial charge in [-0.1, -0.05) is 0 Å². The molecule has 0 radical (unpaired) electrons. The Labute approximate surface area is 169 Å². The Morgan fingerprint density at radius 3 is 2.77 bits per heavy atom. The molecule has 0 fully saturated rings. The van der Waals surface area contributed by atoms with Gasteiger partial charge in [0.05, 0.1) is 29.1 Å². The van der Waals surface area contributed by atoms with E-state index < -0.39 is 22.8 Å². The van der Waals surface area contributed by atoms with Gasteiger partial charge in [0.15, 0.2) is 5.43 Å². The molecule has 9 heteroatoms. The molecule has 3 heterocycles. The van der Waals surface area contributed by atoms with E-state index in [0.29, 0.717) is 29.6 Å². The topological polar surface area (TPSA) is 111 Å². The van der Waals surface area contributed by atoms with Gasteiger partial charge in [-0.15, -0.1) is 0 Å². The Morgan fingerprint density at radius 2 is 2.15 bits per heavy atom. The van der Waals surface area contributed by atoms with Gasteiger partial charge >= 0.3 is 29.6 Å². The number of carboxylic acids is 1. The van der Waals surface area contributed by atoms with Crippen molar-refractivity contribution in [2.24, 2.45) is 0 Å². The zero-order valence-electron chi connectivity index (χ0n) is 14.3. The van der Waals surface area contributed by atoms with Crippen LogP contribution in [0.1, 0.15) is 35.3 Å². The number of pyridine rings is 1. The number of imidazole rings is 1. The molecule has 2 N–H and O–H groups in total. The number of aromatic nitrogens is 3. The first-order valence-electron chi connectivity index (χ1n) is 7.59. The Bertz CT molecular complexity index is 1050. The van der Waals surface area contributed by atoms with E-state index in [1.165, 1.54) is 12.5 Å². The van der Waals surface area contributed by atoms with Gasteiger partial charge in [-0.25, -0.2) is 9.37 Å². The van der Waals surface area contributed by atoms with Crippen molar-refractivity contribution in [3.63, 3.8) is 0 Å². The van der Waals surface area contributed by atoms with Gasteiger partial charge in [0.1, 0.15) is 5.82 Å². The molecule has 0 saturated heterocycles. The average molecular weight is 367 g/mol. The number of carbonyl (C=O) groups excluding carboxylic acids is 1. The summed E-state index contributed by atoms with van der Waals surface area (Å²) in [6.45, 7) is 1.94. The summed E-state index contributed by atoms with van der Waals surface area (Å²) < 4.78 is 18.0. The summed E-state index contributed by atoms with van der Waals surface area (Å²) in [6.07, 6.45) is 7.29. The second-order valence-electron chi connectivity index (χ2n) is 6.01. The number of nitrogens with zero attached hydrogens (tertiary/aromatic N) is 3. The number of carbonyl (C=O) groups is 1. The Balaban J connectivity index is 0.00000121. The van der Waals surface area contributed by atoms with Crippen LogP contribution in [0.5, 0.6) is 0 Å². The number of hydrogen-bond acceptors (Lipinski definition) is 4. The van der Waals surface area contributed by atoms with Crippen molar-refractivity contribution in [2.45, 2.75) is 25.8 Å². The molecule has 2 aromatic heterocycles. The minimum absolute atomic E-state index is 0. The van der Waals surface area contributed by atoms with Crippen LogP contribution < -0.4 is 40.1 Å². The molecule has 1 aliphatic heterocycles. The third-order valence-corrected chi connectivity index (χ3v) is 4.61. The predicted molar refractivity (Wildman–Crippen MR) is 86.3 cm³/mol. The molecule has 7 nitrogen and oxygen atoms in total. The molecule has 0 saturated carbocycles. The van der Waals surface area contributed by atoms with Gasteiger partial charge in [0, 0.05) is 35.6 Å². The van der Waals surface area contributed by atoms with Crippen LogP contribution in [0, 0.1) is 5.82 Å². The summed E-state index contributed by atoms with van der Waals surface area (Å²) in [5, 5.41) is 11.3. The molecule has 1 aliphatic rings. The first-order valence-corrected chi connectivity index (χ1v) is 7.59. The van der Waals surface area contributed by atoms with E-state index in [2.05, 4.69) is 4.98 Å². The van der Waals surface area contributed by atoms with Crippen molar-refractivity contribution >= 4 is 16.9 Å². The van der Waals surface area contributed by atoms with Gasteiger partial charge in [-0.3, -0.25) is 4.79 Å². The van der Waals surface area contributed by atoms with Gasteiger partial charge < -0.3 is 24.5 Å². The number of hydrogen-bond donors (Lipinski definition) is 0. The number of aryl methyl sites for hydroxylation is 1. The molecule has 1 aromatic carbocycles. The summed E-state index contributed by atoms with van der Waals surface area (Å²) in [7, 11) is 0. The maximum absolute atomic E-state index is 14.7. The van der Waals surface area contributed by atoms with E-state index in [4.69, 9.17) is 0 Å². The fourth-order valence-corrected chi connectivity index (χ4v) is 3.45. The van der Waals surface area contributed by atoms with Crippen molar-refractivity contribution in [3.8, 4) is 5.69 Å². The smallest absolute Gasteiger partial charge is 0.545 e. The summed E-state index contributed by atoms with van der Waals surface area (Å²) in [4.78, 5) is 27.6. The normalized spacial score (nSPS) is 15.2. The van der Waals surface area contributed by atoms with E-state index in [-0.39, 0.29) is 46.5 Å². The number of carboxylic acid groups (broad SMARTS) is 1. The molecule has 0 aliphatic carbocycles. The van der Waals surface area contributed by atoms with Gasteiger partial charge in [-0.2, -0.15) is 0 Å². The molecule has 0 amide bonds. The maximum Gasteiger partial charge on any atom is 1.00 e. The van der Waals surface area contributed by atoms with E-state index in [1.807, 2.05) is 6.92 Å². The predicted octanol–water partition coefficient (Wildman–Crippen LogP) is -2.62. The Hall–Kier alpha value is -2.00. The summed E-state index contributed by atoms with van der Waals surface area (Å²) in [5.41, 5.74) is 0.447. The zero-order chi connectivity index (χ0) is 17.0. The van der Waals surface area contributed by atoms with E-state index >= 15 is 0 Å². The zero-order valence-corrected chi connectivity index (χ0v) is 16.3. The molecular formula is C17H15FN3NaO4.